The van der Waals surface area contributed by atoms with Gasteiger partial charge in [0.05, 0.1) is 35.8 Å². The molecule has 0 aliphatic rings. The minimum absolute atomic E-state index is 0.0394. The van der Waals surface area contributed by atoms with Gasteiger partial charge in [-0.1, -0.05) is 72.7 Å². The fraction of sp³-hybridized carbons (Fsp3) is 0. The van der Waals surface area contributed by atoms with E-state index in [1.54, 1.807) is 9.13 Å². The highest BCUT2D eigenvalue weighted by Crippen LogP contribution is 2.41. The van der Waals surface area contributed by atoms with Crippen molar-refractivity contribution in [2.45, 2.75) is 0 Å². The Morgan fingerprint density at radius 2 is 0.872 bits per heavy atom. The molecule has 182 valence electrons. The van der Waals surface area contributed by atoms with Crippen LogP contribution in [0.3, 0.4) is 0 Å². The van der Waals surface area contributed by atoms with E-state index in [4.69, 9.17) is 18.1 Å². The molecule has 0 saturated heterocycles. The summed E-state index contributed by atoms with van der Waals surface area (Å²) >= 11 is 0. The predicted molar refractivity (Wildman–Crippen MR) is 162 cm³/mol. The molecule has 3 nitrogen and oxygen atoms in total. The Kier molecular flexibility index (Phi) is 2.64. The van der Waals surface area contributed by atoms with Crippen molar-refractivity contribution in [3.8, 4) is 11.4 Å². The number of rotatable bonds is 2. The number of hydrogen-bond acceptors (Lipinski definition) is 1. The molecule has 0 radical (unpaired) electrons. The van der Waals surface area contributed by atoms with Crippen LogP contribution < -0.4 is 0 Å². The van der Waals surface area contributed by atoms with E-state index in [0.717, 1.165) is 32.3 Å². The van der Waals surface area contributed by atoms with Gasteiger partial charge < -0.3 is 13.6 Å². The van der Waals surface area contributed by atoms with Crippen LogP contribution in [-0.4, -0.2) is 9.13 Å². The lowest BCUT2D eigenvalue weighted by Crippen LogP contribution is -1.92. The number of aromatic nitrogens is 2. The topological polar surface area (TPSA) is 23.0 Å². The Bertz CT molecular complexity index is 2700. The second kappa shape index (κ2) is 7.62. The van der Waals surface area contributed by atoms with E-state index in [0.29, 0.717) is 33.2 Å². The molecule has 0 atom stereocenters. The van der Waals surface area contributed by atoms with Crippen LogP contribution in [0.2, 0.25) is 0 Å². The minimum atomic E-state index is -0.466. The van der Waals surface area contributed by atoms with Crippen LogP contribution in [0.1, 0.15) is 13.7 Å². The monoisotopic (exact) mass is 508 g/mol. The summed E-state index contributed by atoms with van der Waals surface area (Å²) in [6.45, 7) is 0. The molecule has 0 saturated carbocycles. The molecule has 0 unspecified atom stereocenters. The molecule has 39 heavy (non-hydrogen) atoms. The van der Waals surface area contributed by atoms with Gasteiger partial charge >= 0.3 is 0 Å². The lowest BCUT2D eigenvalue weighted by Gasteiger charge is -2.07. The van der Waals surface area contributed by atoms with E-state index in [-0.39, 0.29) is 35.5 Å². The summed E-state index contributed by atoms with van der Waals surface area (Å²) in [5.41, 5.74) is 3.65. The first-order valence-corrected chi connectivity index (χ1v) is 12.5. The average Bonchev–Trinajstić information content (AvgIpc) is 3.73. The first kappa shape index (κ1) is 13.5. The second-order valence-corrected chi connectivity index (χ2v) is 9.49. The van der Waals surface area contributed by atoms with Crippen LogP contribution >= 0.6 is 0 Å². The zero-order chi connectivity index (χ0) is 34.2. The molecule has 3 aromatic heterocycles. The SMILES string of the molecule is [2H]c1c([2H])c([2H])c(-n2c3ccccc3c3cc4c(cc32)oc2cc3c(cc24)c2ccccc2n3-c2c([2H])c([2H])c([2H])c([2H])c2[2H])c([2H])c1[2H]. The molecule has 6 aromatic carbocycles. The number of benzene rings is 6. The summed E-state index contributed by atoms with van der Waals surface area (Å²) in [7, 11) is 0. The Labute approximate surface area is 237 Å². The third kappa shape index (κ3) is 2.82. The van der Waals surface area contributed by atoms with Crippen molar-refractivity contribution in [2.24, 2.45) is 0 Å². The number of furan rings is 1. The average molecular weight is 509 g/mol. The highest BCUT2D eigenvalue weighted by Gasteiger charge is 2.19. The van der Waals surface area contributed by atoms with E-state index in [1.807, 2.05) is 72.8 Å². The molecule has 0 aliphatic carbocycles. The van der Waals surface area contributed by atoms with Gasteiger partial charge in [0.1, 0.15) is 11.2 Å². The summed E-state index contributed by atoms with van der Waals surface area (Å²) in [6.07, 6.45) is 0. The molecule has 9 aromatic rings. The van der Waals surface area contributed by atoms with Gasteiger partial charge in [0.2, 0.25) is 0 Å². The van der Waals surface area contributed by atoms with Gasteiger partial charge in [-0.15, -0.1) is 0 Å². The Morgan fingerprint density at radius 3 is 1.33 bits per heavy atom. The summed E-state index contributed by atoms with van der Waals surface area (Å²) in [5, 5.41) is 4.87. The number of fused-ring (bicyclic) bond motifs is 9. The van der Waals surface area contributed by atoms with E-state index in [9.17, 15) is 0 Å². The van der Waals surface area contributed by atoms with Gasteiger partial charge in [0.25, 0.3) is 0 Å². The molecule has 0 spiro atoms. The highest BCUT2D eigenvalue weighted by molar-refractivity contribution is 6.21. The molecular weight excluding hydrogens is 476 g/mol. The molecular formula is C36H22N2O. The molecule has 0 fully saturated rings. The molecule has 0 N–H and O–H groups in total. The van der Waals surface area contributed by atoms with Crippen LogP contribution in [0.4, 0.5) is 0 Å². The molecule has 9 rings (SSSR count). The third-order valence-electron chi connectivity index (χ3n) is 7.48. The third-order valence-corrected chi connectivity index (χ3v) is 7.48. The second-order valence-electron chi connectivity index (χ2n) is 9.49. The van der Waals surface area contributed by atoms with Crippen LogP contribution in [0.15, 0.2) is 138 Å². The Hall–Kier alpha value is -5.28. The molecule has 3 heteroatoms. The summed E-state index contributed by atoms with van der Waals surface area (Å²) < 4.78 is 94.2. The van der Waals surface area contributed by atoms with Crippen LogP contribution in [0, 0.1) is 0 Å². The van der Waals surface area contributed by atoms with Crippen molar-refractivity contribution < 1.29 is 18.1 Å². The Morgan fingerprint density at radius 1 is 0.436 bits per heavy atom. The van der Waals surface area contributed by atoms with Crippen LogP contribution in [0.25, 0.3) is 76.9 Å². The largest absolute Gasteiger partial charge is 0.456 e. The molecule has 0 amide bonds. The lowest BCUT2D eigenvalue weighted by molar-refractivity contribution is 0.669. The van der Waals surface area contributed by atoms with Crippen molar-refractivity contribution in [1.82, 2.24) is 9.13 Å². The fourth-order valence-electron chi connectivity index (χ4n) is 5.89. The zero-order valence-electron chi connectivity index (χ0n) is 30.2. The zero-order valence-corrected chi connectivity index (χ0v) is 20.2. The lowest BCUT2D eigenvalue weighted by atomic mass is 10.1. The van der Waals surface area contributed by atoms with E-state index in [2.05, 4.69) is 0 Å². The van der Waals surface area contributed by atoms with E-state index < -0.39 is 36.3 Å². The van der Waals surface area contributed by atoms with Crippen molar-refractivity contribution >= 4 is 65.6 Å². The normalized spacial score (nSPS) is 15.7. The summed E-state index contributed by atoms with van der Waals surface area (Å²) in [6, 6.07) is 18.8. The number of nitrogens with zero attached hydrogens (tertiary/aromatic N) is 2. The van der Waals surface area contributed by atoms with Crippen molar-refractivity contribution in [3.05, 3.63) is 133 Å². The first-order chi connectivity index (χ1) is 23.5. The number of hydrogen-bond donors (Lipinski definition) is 0. The van der Waals surface area contributed by atoms with Gasteiger partial charge in [0.15, 0.2) is 0 Å². The van der Waals surface area contributed by atoms with Gasteiger partial charge in [0, 0.05) is 55.8 Å². The highest BCUT2D eigenvalue weighted by atomic mass is 16.3. The maximum Gasteiger partial charge on any atom is 0.137 e. The van der Waals surface area contributed by atoms with Crippen molar-refractivity contribution in [1.29, 1.82) is 0 Å². The van der Waals surface area contributed by atoms with Gasteiger partial charge in [-0.2, -0.15) is 0 Å². The van der Waals surface area contributed by atoms with Gasteiger partial charge in [-0.25, -0.2) is 0 Å². The minimum Gasteiger partial charge on any atom is -0.456 e. The van der Waals surface area contributed by atoms with E-state index >= 15 is 0 Å². The quantitative estimate of drug-likeness (QED) is 0.228. The summed E-state index contributed by atoms with van der Waals surface area (Å²) in [5.74, 6) is 0. The van der Waals surface area contributed by atoms with Gasteiger partial charge in [-0.05, 0) is 48.4 Å². The van der Waals surface area contributed by atoms with Crippen molar-refractivity contribution in [2.75, 3.05) is 0 Å². The predicted octanol–water partition coefficient (Wildman–Crippen LogP) is 9.78. The fourth-order valence-corrected chi connectivity index (χ4v) is 5.89. The van der Waals surface area contributed by atoms with Gasteiger partial charge in [-0.3, -0.25) is 0 Å². The first-order valence-electron chi connectivity index (χ1n) is 17.5. The number of para-hydroxylation sites is 4. The standard InChI is InChI=1S/C36H22N2O/c1-3-11-23(12-4-1)37-31-17-9-7-15-25(31)27-19-29-30-20-28-26-16-8-10-18-32(26)38(24-13-5-2-6-14-24)34(28)22-36(30)39-35(29)21-33(27)37/h1-22H/i1D,2D,3D,4D,5D,6D,11D,12D,13D,14D. The summed E-state index contributed by atoms with van der Waals surface area (Å²) in [4.78, 5) is 0. The maximum atomic E-state index is 8.72. The molecule has 0 aliphatic heterocycles. The molecule has 0 bridgehead atoms. The van der Waals surface area contributed by atoms with Crippen molar-refractivity contribution in [3.63, 3.8) is 0 Å². The molecule has 3 heterocycles. The van der Waals surface area contributed by atoms with Crippen LogP contribution in [-0.2, 0) is 0 Å². The maximum absolute atomic E-state index is 8.72. The Balaban J connectivity index is 1.40. The smallest absolute Gasteiger partial charge is 0.137 e. The van der Waals surface area contributed by atoms with Crippen LogP contribution in [0.5, 0.6) is 0 Å². The van der Waals surface area contributed by atoms with E-state index in [1.165, 1.54) is 0 Å².